The van der Waals surface area contributed by atoms with E-state index in [4.69, 9.17) is 22.9 Å². The number of hydrogen-bond donors (Lipinski definition) is 2. The van der Waals surface area contributed by atoms with Gasteiger partial charge < -0.3 is 10.2 Å². The molecule has 0 aromatic rings. The molecule has 0 aromatic heterocycles. The molecule has 0 radical (unpaired) electrons. The molecule has 3 aliphatic rings. The summed E-state index contributed by atoms with van der Waals surface area (Å²) in [6.07, 6.45) is 0.817. The number of aliphatic hydroxyl groups excluding tert-OH is 2. The SMILES string of the molecule is OC1CC(O)[S+]2O[S+]3OCCCO[S+](O3)O[S+]1O2. The number of rotatable bonds is 0. The molecule has 0 amide bonds. The highest BCUT2D eigenvalue weighted by Gasteiger charge is 2.73. The van der Waals surface area contributed by atoms with Crippen LogP contribution in [0.3, 0.4) is 0 Å². The van der Waals surface area contributed by atoms with Crippen molar-refractivity contribution in [2.45, 2.75) is 23.7 Å². The van der Waals surface area contributed by atoms with E-state index in [2.05, 4.69) is 0 Å². The lowest BCUT2D eigenvalue weighted by atomic mass is 10.5. The lowest BCUT2D eigenvalue weighted by molar-refractivity contribution is 0.135. The molecular formula is C6H12O8S4+4. The molecular weight excluding hydrogens is 328 g/mol. The minimum Gasteiger partial charge on any atom is -0.344 e. The Morgan fingerprint density at radius 2 is 1.33 bits per heavy atom. The molecule has 0 aromatic carbocycles. The van der Waals surface area contributed by atoms with Gasteiger partial charge in [0, 0.05) is 6.42 Å². The third kappa shape index (κ3) is 3.21. The minimum atomic E-state index is -1.28. The molecule has 104 valence electrons. The predicted molar refractivity (Wildman–Crippen MR) is 67.0 cm³/mol. The summed E-state index contributed by atoms with van der Waals surface area (Å²) < 4.78 is 32.2. The van der Waals surface area contributed by atoms with Crippen molar-refractivity contribution in [2.24, 2.45) is 0 Å². The number of fused-ring (bicyclic) bond motifs is 4. The summed E-state index contributed by atoms with van der Waals surface area (Å²) in [5.41, 5.74) is -1.84. The van der Waals surface area contributed by atoms with Crippen LogP contribution in [-0.4, -0.2) is 34.3 Å². The lowest BCUT2D eigenvalue weighted by Crippen LogP contribution is -2.47. The molecule has 12 heteroatoms. The van der Waals surface area contributed by atoms with E-state index in [0.717, 1.165) is 0 Å². The van der Waals surface area contributed by atoms with Crippen LogP contribution in [-0.2, 0) is 69.3 Å². The van der Waals surface area contributed by atoms with Gasteiger partial charge in [0.1, 0.15) is 23.3 Å². The Kier molecular flexibility index (Phi) is 4.86. The molecule has 2 N–H and O–H groups in total. The van der Waals surface area contributed by atoms with Crippen LogP contribution in [0.4, 0.5) is 0 Å². The highest BCUT2D eigenvalue weighted by molar-refractivity contribution is 8.12. The molecule has 6 unspecified atom stereocenters. The second kappa shape index (κ2) is 6.24. The van der Waals surface area contributed by atoms with Gasteiger partial charge >= 0.3 is 57.3 Å². The highest BCUT2D eigenvalue weighted by atomic mass is 32.4. The maximum atomic E-state index is 9.75. The summed E-state index contributed by atoms with van der Waals surface area (Å²) in [4.78, 5) is 0. The third-order valence-electron chi connectivity index (χ3n) is 1.99. The van der Waals surface area contributed by atoms with Crippen LogP contribution in [0.25, 0.3) is 0 Å². The summed E-state index contributed by atoms with van der Waals surface area (Å²) in [6, 6.07) is 0. The van der Waals surface area contributed by atoms with Gasteiger partial charge in [-0.15, -0.1) is 8.37 Å². The molecule has 0 spiro atoms. The van der Waals surface area contributed by atoms with E-state index >= 15 is 0 Å². The van der Waals surface area contributed by atoms with Crippen molar-refractivity contribution in [1.82, 2.24) is 0 Å². The van der Waals surface area contributed by atoms with Crippen molar-refractivity contribution in [3.05, 3.63) is 0 Å². The van der Waals surface area contributed by atoms with Crippen molar-refractivity contribution < 1.29 is 33.1 Å². The average molecular weight is 340 g/mol. The summed E-state index contributed by atoms with van der Waals surface area (Å²) in [5, 5.41) is 19.5. The third-order valence-corrected chi connectivity index (χ3v) is 7.90. The lowest BCUT2D eigenvalue weighted by Gasteiger charge is -2.13. The van der Waals surface area contributed by atoms with Crippen LogP contribution in [0.2, 0.25) is 0 Å². The molecule has 3 heterocycles. The first-order valence-corrected chi connectivity index (χ1v) is 9.32. The first-order valence-electron chi connectivity index (χ1n) is 5.05. The molecule has 3 saturated heterocycles. The molecule has 3 aliphatic heterocycles. The Morgan fingerprint density at radius 1 is 0.778 bits per heavy atom. The van der Waals surface area contributed by atoms with Gasteiger partial charge in [-0.05, 0) is 0 Å². The normalized spacial score (nSPS) is 49.7. The zero-order valence-electron chi connectivity index (χ0n) is 8.96. The van der Waals surface area contributed by atoms with E-state index < -0.39 is 57.3 Å². The van der Waals surface area contributed by atoms with Crippen LogP contribution >= 0.6 is 0 Å². The molecule has 0 aliphatic carbocycles. The van der Waals surface area contributed by atoms with Gasteiger partial charge in [0.25, 0.3) is 0 Å². The highest BCUT2D eigenvalue weighted by Crippen LogP contribution is 2.36. The van der Waals surface area contributed by atoms with Gasteiger partial charge in [0.15, 0.2) is 7.26 Å². The standard InChI is InChI=1S/C6H12O8S4/c7-5-4-6(8)16-11-15(5)12-17-9-2-1-3-10-18(13-16)14-17/h5-8H,1-4H2/q+4. The molecule has 0 saturated carbocycles. The fourth-order valence-electron chi connectivity index (χ4n) is 1.17. The van der Waals surface area contributed by atoms with Gasteiger partial charge in [0.2, 0.25) is 3.63 Å². The fraction of sp³-hybridized carbons (Fsp3) is 1.00. The van der Waals surface area contributed by atoms with Crippen LogP contribution in [0.15, 0.2) is 0 Å². The van der Waals surface area contributed by atoms with Crippen molar-refractivity contribution >= 4 is 46.4 Å². The summed E-state index contributed by atoms with van der Waals surface area (Å²) in [5.74, 6) is 0. The quantitative estimate of drug-likeness (QED) is 0.552. The molecule has 3 rings (SSSR count). The van der Waals surface area contributed by atoms with Gasteiger partial charge in [-0.25, -0.2) is 0 Å². The summed E-state index contributed by atoms with van der Waals surface area (Å²) in [6.45, 7) is 0.865. The zero-order chi connectivity index (χ0) is 12.5. The van der Waals surface area contributed by atoms with Crippen LogP contribution in [0, 0.1) is 0 Å². The van der Waals surface area contributed by atoms with Gasteiger partial charge in [-0.3, -0.25) is 0 Å². The zero-order valence-corrected chi connectivity index (χ0v) is 12.2. The van der Waals surface area contributed by atoms with Crippen LogP contribution < -0.4 is 0 Å². The van der Waals surface area contributed by atoms with Crippen molar-refractivity contribution in [3.8, 4) is 0 Å². The molecule has 4 bridgehead atoms. The number of hydrogen-bond acceptors (Lipinski definition) is 8. The van der Waals surface area contributed by atoms with E-state index in [0.29, 0.717) is 19.6 Å². The largest absolute Gasteiger partial charge is 0.619 e. The van der Waals surface area contributed by atoms with Gasteiger partial charge in [-0.1, -0.05) is 0 Å². The van der Waals surface area contributed by atoms with Crippen LogP contribution in [0.1, 0.15) is 12.8 Å². The Morgan fingerprint density at radius 3 is 1.89 bits per heavy atom. The van der Waals surface area contributed by atoms with Crippen molar-refractivity contribution in [3.63, 3.8) is 0 Å². The second-order valence-electron chi connectivity index (χ2n) is 3.34. The van der Waals surface area contributed by atoms with Crippen molar-refractivity contribution in [1.29, 1.82) is 0 Å². The van der Waals surface area contributed by atoms with E-state index in [-0.39, 0.29) is 6.42 Å². The van der Waals surface area contributed by atoms with E-state index in [9.17, 15) is 10.2 Å². The maximum Gasteiger partial charge on any atom is 0.619 e. The Labute approximate surface area is 116 Å². The van der Waals surface area contributed by atoms with Gasteiger partial charge in [0.05, 0.1) is 0 Å². The predicted octanol–water partition coefficient (Wildman–Crippen LogP) is -0.833. The van der Waals surface area contributed by atoms with Crippen molar-refractivity contribution in [2.75, 3.05) is 13.2 Å². The van der Waals surface area contributed by atoms with E-state index in [1.54, 1.807) is 0 Å². The monoisotopic (exact) mass is 340 g/mol. The maximum absolute atomic E-state index is 9.75. The summed E-state index contributed by atoms with van der Waals surface area (Å²) in [7, 11) is 0. The first kappa shape index (κ1) is 14.0. The minimum absolute atomic E-state index is 0.126. The fourth-order valence-corrected chi connectivity index (χ4v) is 7.50. The number of aliphatic hydroxyl groups is 2. The first-order chi connectivity index (χ1) is 8.72. The Hall–Kier alpha value is 1.08. The topological polar surface area (TPSA) is 95.8 Å². The second-order valence-corrected chi connectivity index (χ2v) is 8.94. The van der Waals surface area contributed by atoms with Gasteiger partial charge in [-0.2, -0.15) is 0 Å². The summed E-state index contributed by atoms with van der Waals surface area (Å²) >= 11 is -5.00. The van der Waals surface area contributed by atoms with Crippen LogP contribution in [0.5, 0.6) is 0 Å². The Bertz CT molecular complexity index is 273. The van der Waals surface area contributed by atoms with E-state index in [1.807, 2.05) is 0 Å². The molecule has 3 fully saturated rings. The smallest absolute Gasteiger partial charge is 0.344 e. The Balaban J connectivity index is 1.75. The molecule has 6 atom stereocenters. The average Bonchev–Trinajstić information content (AvgIpc) is 2.25. The molecule has 8 nitrogen and oxygen atoms in total. The van der Waals surface area contributed by atoms with E-state index in [1.165, 1.54) is 0 Å². The molecule has 18 heavy (non-hydrogen) atoms.